The van der Waals surface area contributed by atoms with Gasteiger partial charge in [0.2, 0.25) is 0 Å². The molecule has 0 aliphatic rings. The van der Waals surface area contributed by atoms with E-state index in [4.69, 9.17) is 10.5 Å². The van der Waals surface area contributed by atoms with E-state index in [2.05, 4.69) is 14.9 Å². The zero-order chi connectivity index (χ0) is 12.2. The van der Waals surface area contributed by atoms with Gasteiger partial charge in [0, 0.05) is 25.8 Å². The highest BCUT2D eigenvalue weighted by atomic mass is 32.2. The summed E-state index contributed by atoms with van der Waals surface area (Å²) in [5, 5.41) is 6.08. The van der Waals surface area contributed by atoms with E-state index < -0.39 is 10.0 Å². The lowest BCUT2D eigenvalue weighted by Crippen LogP contribution is -2.32. The lowest BCUT2D eigenvalue weighted by atomic mass is 10.4. The maximum absolute atomic E-state index is 11.8. The molecule has 4 N–H and O–H groups in total. The van der Waals surface area contributed by atoms with Crippen LogP contribution in [0.15, 0.2) is 11.2 Å². The molecule has 0 bridgehead atoms. The van der Waals surface area contributed by atoms with Crippen molar-refractivity contribution in [3.05, 3.63) is 11.8 Å². The Labute approximate surface area is 94.4 Å². The van der Waals surface area contributed by atoms with Crippen LogP contribution in [0.1, 0.15) is 12.5 Å². The number of methoxy groups -OCH3 is 1. The van der Waals surface area contributed by atoms with Crippen LogP contribution in [0.5, 0.6) is 0 Å². The lowest BCUT2D eigenvalue weighted by Gasteiger charge is -2.10. The number of hydrogen-bond acceptors (Lipinski definition) is 5. The van der Waals surface area contributed by atoms with Gasteiger partial charge in [0.05, 0.1) is 12.3 Å². The van der Waals surface area contributed by atoms with Gasteiger partial charge in [0.1, 0.15) is 0 Å². The molecule has 1 heterocycles. The number of aromatic amines is 1. The Morgan fingerprint density at radius 1 is 1.69 bits per heavy atom. The molecule has 1 aromatic rings. The van der Waals surface area contributed by atoms with Crippen molar-refractivity contribution in [1.82, 2.24) is 14.9 Å². The Hall–Kier alpha value is -0.960. The van der Waals surface area contributed by atoms with Crippen LogP contribution in [0.2, 0.25) is 0 Å². The second kappa shape index (κ2) is 5.39. The fourth-order valence-corrected chi connectivity index (χ4v) is 2.31. The maximum Gasteiger partial charge on any atom is 0.257 e. The largest absolute Gasteiger partial charge is 0.380 e. The third-order valence-electron chi connectivity index (χ3n) is 2.13. The molecule has 0 aliphatic carbocycles. The zero-order valence-corrected chi connectivity index (χ0v) is 10.0. The molecule has 1 atom stereocenters. The highest BCUT2D eigenvalue weighted by Gasteiger charge is 2.20. The van der Waals surface area contributed by atoms with Gasteiger partial charge in [-0.3, -0.25) is 5.10 Å². The molecular weight excluding hydrogens is 232 g/mol. The molecule has 0 spiro atoms. The van der Waals surface area contributed by atoms with Gasteiger partial charge in [-0.05, 0) is 6.92 Å². The highest BCUT2D eigenvalue weighted by molar-refractivity contribution is 7.89. The summed E-state index contributed by atoms with van der Waals surface area (Å²) in [6, 6.07) is 0. The first-order valence-electron chi connectivity index (χ1n) is 4.76. The molecule has 0 radical (unpaired) electrons. The maximum atomic E-state index is 11.8. The van der Waals surface area contributed by atoms with Crippen LogP contribution in [-0.2, 0) is 21.3 Å². The van der Waals surface area contributed by atoms with Crippen molar-refractivity contribution >= 4 is 10.0 Å². The summed E-state index contributed by atoms with van der Waals surface area (Å²) in [7, 11) is -2.08. The topological polar surface area (TPSA) is 110 Å². The van der Waals surface area contributed by atoms with Crippen molar-refractivity contribution in [3.8, 4) is 0 Å². The average molecular weight is 248 g/mol. The fraction of sp³-hybridized carbons (Fsp3) is 0.625. The predicted octanol–water partition coefficient (Wildman–Crippen LogP) is -0.818. The van der Waals surface area contributed by atoms with Crippen molar-refractivity contribution in [2.45, 2.75) is 24.6 Å². The molecule has 0 saturated carbocycles. The Morgan fingerprint density at radius 3 is 2.94 bits per heavy atom. The number of hydrogen-bond donors (Lipinski definition) is 3. The number of nitrogens with zero attached hydrogens (tertiary/aromatic N) is 1. The van der Waals surface area contributed by atoms with Crippen LogP contribution in [0.4, 0.5) is 0 Å². The molecule has 16 heavy (non-hydrogen) atoms. The molecule has 0 aliphatic heterocycles. The number of nitrogens with two attached hydrogens (primary N) is 1. The lowest BCUT2D eigenvalue weighted by molar-refractivity contribution is 0.122. The summed E-state index contributed by atoms with van der Waals surface area (Å²) in [5.74, 6) is 0. The summed E-state index contributed by atoms with van der Waals surface area (Å²) in [4.78, 5) is 0. The zero-order valence-electron chi connectivity index (χ0n) is 9.23. The van der Waals surface area contributed by atoms with Crippen molar-refractivity contribution in [2.75, 3.05) is 13.7 Å². The van der Waals surface area contributed by atoms with E-state index in [0.29, 0.717) is 5.56 Å². The molecule has 8 heteroatoms. The van der Waals surface area contributed by atoms with Crippen LogP contribution in [-0.4, -0.2) is 38.4 Å². The molecule has 0 amide bonds. The first-order chi connectivity index (χ1) is 7.51. The standard InChI is InChI=1S/C8H16N4O3S/c1-6(15-2)4-11-16(13,14)8-7(3-9)5-10-12-8/h5-6,11H,3-4,9H2,1-2H3,(H,10,12). The van der Waals surface area contributed by atoms with E-state index >= 15 is 0 Å². The third-order valence-corrected chi connectivity index (χ3v) is 3.57. The first kappa shape index (κ1) is 13.1. The Balaban J connectivity index is 2.78. The smallest absolute Gasteiger partial charge is 0.257 e. The highest BCUT2D eigenvalue weighted by Crippen LogP contribution is 2.10. The normalized spacial score (nSPS) is 13.9. The van der Waals surface area contributed by atoms with Crippen molar-refractivity contribution in [2.24, 2.45) is 5.73 Å². The van der Waals surface area contributed by atoms with Crippen molar-refractivity contribution in [1.29, 1.82) is 0 Å². The van der Waals surface area contributed by atoms with Crippen LogP contribution in [0.25, 0.3) is 0 Å². The molecule has 1 unspecified atom stereocenters. The van der Waals surface area contributed by atoms with Crippen LogP contribution in [0.3, 0.4) is 0 Å². The molecule has 1 aromatic heterocycles. The number of rotatable bonds is 6. The quantitative estimate of drug-likeness (QED) is 0.609. The summed E-state index contributed by atoms with van der Waals surface area (Å²) in [6.45, 7) is 2.08. The fourth-order valence-electron chi connectivity index (χ4n) is 1.06. The first-order valence-corrected chi connectivity index (χ1v) is 6.24. The number of sulfonamides is 1. The van der Waals surface area contributed by atoms with Gasteiger partial charge in [-0.1, -0.05) is 0 Å². The van der Waals surface area contributed by atoms with E-state index in [1.165, 1.54) is 13.3 Å². The third kappa shape index (κ3) is 3.01. The van der Waals surface area contributed by atoms with Crippen molar-refractivity contribution in [3.63, 3.8) is 0 Å². The minimum atomic E-state index is -3.59. The minimum absolute atomic E-state index is 0.0123. The van der Waals surface area contributed by atoms with Gasteiger partial charge < -0.3 is 10.5 Å². The molecule has 7 nitrogen and oxygen atoms in total. The molecular formula is C8H16N4O3S. The molecule has 1 rings (SSSR count). The predicted molar refractivity (Wildman–Crippen MR) is 58.1 cm³/mol. The monoisotopic (exact) mass is 248 g/mol. The summed E-state index contributed by atoms with van der Waals surface area (Å²) < 4.78 is 30.9. The number of aromatic nitrogens is 2. The van der Waals surface area contributed by atoms with Crippen LogP contribution >= 0.6 is 0 Å². The van der Waals surface area contributed by atoms with Crippen LogP contribution in [0, 0.1) is 0 Å². The average Bonchev–Trinajstić information content (AvgIpc) is 2.74. The van der Waals surface area contributed by atoms with Gasteiger partial charge in [-0.25, -0.2) is 13.1 Å². The van der Waals surface area contributed by atoms with Gasteiger partial charge in [-0.15, -0.1) is 0 Å². The minimum Gasteiger partial charge on any atom is -0.380 e. The molecule has 92 valence electrons. The van der Waals surface area contributed by atoms with E-state index in [-0.39, 0.29) is 24.2 Å². The molecule has 0 aromatic carbocycles. The van der Waals surface area contributed by atoms with E-state index in [1.807, 2.05) is 0 Å². The Kier molecular flexibility index (Phi) is 4.42. The van der Waals surface area contributed by atoms with E-state index in [0.717, 1.165) is 0 Å². The second-order valence-electron chi connectivity index (χ2n) is 3.33. The summed E-state index contributed by atoms with van der Waals surface area (Å²) in [6.07, 6.45) is 1.20. The number of H-pyrrole nitrogens is 1. The van der Waals surface area contributed by atoms with Gasteiger partial charge in [0.25, 0.3) is 10.0 Å². The Bertz CT molecular complexity index is 428. The van der Waals surface area contributed by atoms with Gasteiger partial charge >= 0.3 is 0 Å². The van der Waals surface area contributed by atoms with Crippen LogP contribution < -0.4 is 10.5 Å². The SMILES string of the molecule is COC(C)CNS(=O)(=O)c1[nH]ncc1CN. The van der Waals surface area contributed by atoms with Crippen molar-refractivity contribution < 1.29 is 13.2 Å². The Morgan fingerprint density at radius 2 is 2.38 bits per heavy atom. The van der Waals surface area contributed by atoms with E-state index in [9.17, 15) is 8.42 Å². The summed E-state index contributed by atoms with van der Waals surface area (Å²) >= 11 is 0. The molecule has 0 fully saturated rings. The van der Waals surface area contributed by atoms with Gasteiger partial charge in [-0.2, -0.15) is 5.10 Å². The molecule has 0 saturated heterocycles. The number of nitrogens with one attached hydrogen (secondary N) is 2. The number of ether oxygens (including phenoxy) is 1. The summed E-state index contributed by atoms with van der Waals surface area (Å²) in [5.41, 5.74) is 5.85. The second-order valence-corrected chi connectivity index (χ2v) is 5.03. The van der Waals surface area contributed by atoms with Gasteiger partial charge in [0.15, 0.2) is 5.03 Å². The van der Waals surface area contributed by atoms with E-state index in [1.54, 1.807) is 6.92 Å².